The van der Waals surface area contributed by atoms with Crippen molar-refractivity contribution in [2.24, 2.45) is 0 Å². The predicted octanol–water partition coefficient (Wildman–Crippen LogP) is 3.30. The van der Waals surface area contributed by atoms with Gasteiger partial charge in [0.25, 0.3) is 0 Å². The Balaban J connectivity index is 1.95. The van der Waals surface area contributed by atoms with Gasteiger partial charge in [-0.05, 0) is 29.7 Å². The van der Waals surface area contributed by atoms with E-state index in [9.17, 15) is 0 Å². The molecule has 0 aliphatic rings. The molecule has 0 aliphatic carbocycles. The Labute approximate surface area is 106 Å². The number of nitrogens with zero attached hydrogens (tertiary/aromatic N) is 2. The van der Waals surface area contributed by atoms with Crippen LogP contribution in [-0.4, -0.2) is 10.2 Å². The van der Waals surface area contributed by atoms with Crippen molar-refractivity contribution >= 4 is 17.4 Å². The number of aryl methyl sites for hydroxylation is 1. The number of hydrogen-bond acceptors (Lipinski definition) is 3. The van der Waals surface area contributed by atoms with Crippen molar-refractivity contribution in [3.63, 3.8) is 0 Å². The first kappa shape index (κ1) is 11.9. The van der Waals surface area contributed by atoms with Gasteiger partial charge in [0, 0.05) is 6.54 Å². The first-order valence-electron chi connectivity index (χ1n) is 5.59. The molecule has 1 aromatic carbocycles. The lowest BCUT2D eigenvalue weighted by molar-refractivity contribution is 0.999. The lowest BCUT2D eigenvalue weighted by Gasteiger charge is -2.05. The highest BCUT2D eigenvalue weighted by atomic mass is 35.5. The summed E-state index contributed by atoms with van der Waals surface area (Å²) in [5.41, 5.74) is 2.57. The molecule has 0 spiro atoms. The fraction of sp³-hybridized carbons (Fsp3) is 0.231. The SMILES string of the molecule is CCc1ccc(CNc2ccc(Cl)nn2)cc1. The Kier molecular flexibility index (Phi) is 3.94. The fourth-order valence-corrected chi connectivity index (χ4v) is 1.60. The zero-order valence-corrected chi connectivity index (χ0v) is 10.4. The second-order valence-corrected chi connectivity index (χ2v) is 4.15. The quantitative estimate of drug-likeness (QED) is 0.901. The summed E-state index contributed by atoms with van der Waals surface area (Å²) < 4.78 is 0. The summed E-state index contributed by atoms with van der Waals surface area (Å²) in [6.45, 7) is 2.89. The van der Waals surface area contributed by atoms with Crippen molar-refractivity contribution in [2.45, 2.75) is 19.9 Å². The van der Waals surface area contributed by atoms with Crippen LogP contribution in [0.15, 0.2) is 36.4 Å². The third-order valence-electron chi connectivity index (χ3n) is 2.54. The molecule has 88 valence electrons. The minimum atomic E-state index is 0.405. The van der Waals surface area contributed by atoms with Crippen LogP contribution in [0.2, 0.25) is 5.15 Å². The largest absolute Gasteiger partial charge is 0.365 e. The third kappa shape index (κ3) is 3.43. The summed E-state index contributed by atoms with van der Waals surface area (Å²) in [7, 11) is 0. The molecule has 0 fully saturated rings. The van der Waals surface area contributed by atoms with Crippen LogP contribution in [0.1, 0.15) is 18.1 Å². The molecule has 0 radical (unpaired) electrons. The molecule has 1 aromatic heterocycles. The number of nitrogens with one attached hydrogen (secondary N) is 1. The van der Waals surface area contributed by atoms with E-state index in [0.717, 1.165) is 18.8 Å². The van der Waals surface area contributed by atoms with Gasteiger partial charge in [0.05, 0.1) is 0 Å². The highest BCUT2D eigenvalue weighted by molar-refractivity contribution is 6.29. The summed E-state index contributed by atoms with van der Waals surface area (Å²) in [6, 6.07) is 12.1. The van der Waals surface area contributed by atoms with Crippen LogP contribution in [0.4, 0.5) is 5.82 Å². The number of anilines is 1. The van der Waals surface area contributed by atoms with Gasteiger partial charge in [-0.15, -0.1) is 10.2 Å². The van der Waals surface area contributed by atoms with Crippen molar-refractivity contribution in [3.8, 4) is 0 Å². The van der Waals surface area contributed by atoms with Gasteiger partial charge in [0.2, 0.25) is 0 Å². The van der Waals surface area contributed by atoms with Gasteiger partial charge >= 0.3 is 0 Å². The highest BCUT2D eigenvalue weighted by Crippen LogP contribution is 2.09. The Morgan fingerprint density at radius 1 is 1.00 bits per heavy atom. The summed E-state index contributed by atoms with van der Waals surface area (Å²) >= 11 is 5.66. The molecule has 1 N–H and O–H groups in total. The van der Waals surface area contributed by atoms with E-state index in [4.69, 9.17) is 11.6 Å². The normalized spacial score (nSPS) is 10.2. The Morgan fingerprint density at radius 2 is 1.71 bits per heavy atom. The van der Waals surface area contributed by atoms with E-state index in [2.05, 4.69) is 46.7 Å². The van der Waals surface area contributed by atoms with Crippen molar-refractivity contribution in [3.05, 3.63) is 52.7 Å². The number of benzene rings is 1. The van der Waals surface area contributed by atoms with Crippen molar-refractivity contribution in [2.75, 3.05) is 5.32 Å². The lowest BCUT2D eigenvalue weighted by Crippen LogP contribution is -2.02. The van der Waals surface area contributed by atoms with Crippen LogP contribution < -0.4 is 5.32 Å². The summed E-state index contributed by atoms with van der Waals surface area (Å²) in [4.78, 5) is 0. The van der Waals surface area contributed by atoms with Gasteiger partial charge in [-0.1, -0.05) is 42.8 Å². The number of halogens is 1. The monoisotopic (exact) mass is 247 g/mol. The molecule has 0 bridgehead atoms. The van der Waals surface area contributed by atoms with E-state index in [1.165, 1.54) is 11.1 Å². The minimum Gasteiger partial charge on any atom is -0.365 e. The van der Waals surface area contributed by atoms with Gasteiger partial charge in [-0.2, -0.15) is 0 Å². The molecule has 2 rings (SSSR count). The molecule has 4 heteroatoms. The first-order chi connectivity index (χ1) is 8.28. The standard InChI is InChI=1S/C13H14ClN3/c1-2-10-3-5-11(6-4-10)9-15-13-8-7-12(14)16-17-13/h3-8H,2,9H2,1H3,(H,15,17). The molecule has 0 aliphatic heterocycles. The third-order valence-corrected chi connectivity index (χ3v) is 2.74. The predicted molar refractivity (Wildman–Crippen MR) is 70.2 cm³/mol. The van der Waals surface area contributed by atoms with Crippen molar-refractivity contribution in [1.82, 2.24) is 10.2 Å². The number of aromatic nitrogens is 2. The first-order valence-corrected chi connectivity index (χ1v) is 5.96. The zero-order valence-electron chi connectivity index (χ0n) is 9.65. The Bertz CT molecular complexity index is 465. The summed E-state index contributed by atoms with van der Waals surface area (Å²) in [5, 5.41) is 11.3. The van der Waals surface area contributed by atoms with E-state index in [0.29, 0.717) is 5.15 Å². The van der Waals surface area contributed by atoms with Crippen LogP contribution in [0.25, 0.3) is 0 Å². The van der Waals surface area contributed by atoms with Crippen LogP contribution in [0, 0.1) is 0 Å². The molecule has 0 unspecified atom stereocenters. The molecule has 2 aromatic rings. The second kappa shape index (κ2) is 5.64. The zero-order chi connectivity index (χ0) is 12.1. The van der Waals surface area contributed by atoms with Gasteiger partial charge in [-0.3, -0.25) is 0 Å². The van der Waals surface area contributed by atoms with Crippen LogP contribution in [0.3, 0.4) is 0 Å². The van der Waals surface area contributed by atoms with E-state index >= 15 is 0 Å². The molecule has 0 atom stereocenters. The molecule has 3 nitrogen and oxygen atoms in total. The topological polar surface area (TPSA) is 37.8 Å². The molecule has 0 saturated carbocycles. The van der Waals surface area contributed by atoms with Gasteiger partial charge in [0.15, 0.2) is 5.15 Å². The number of rotatable bonds is 4. The molecular formula is C13H14ClN3. The van der Waals surface area contributed by atoms with E-state index < -0.39 is 0 Å². The molecule has 0 amide bonds. The fourth-order valence-electron chi connectivity index (χ4n) is 1.50. The van der Waals surface area contributed by atoms with Crippen LogP contribution in [-0.2, 0) is 13.0 Å². The minimum absolute atomic E-state index is 0.405. The van der Waals surface area contributed by atoms with E-state index in [1.807, 2.05) is 6.07 Å². The lowest BCUT2D eigenvalue weighted by atomic mass is 10.1. The van der Waals surface area contributed by atoms with Crippen LogP contribution in [0.5, 0.6) is 0 Å². The summed E-state index contributed by atoms with van der Waals surface area (Å²) in [6.07, 6.45) is 1.07. The Hall–Kier alpha value is -1.61. The van der Waals surface area contributed by atoms with Gasteiger partial charge in [-0.25, -0.2) is 0 Å². The maximum absolute atomic E-state index is 5.66. The maximum atomic E-state index is 5.66. The smallest absolute Gasteiger partial charge is 0.151 e. The van der Waals surface area contributed by atoms with Gasteiger partial charge in [0.1, 0.15) is 5.82 Å². The van der Waals surface area contributed by atoms with Crippen molar-refractivity contribution < 1.29 is 0 Å². The summed E-state index contributed by atoms with van der Waals surface area (Å²) in [5.74, 6) is 0.731. The second-order valence-electron chi connectivity index (χ2n) is 3.76. The van der Waals surface area contributed by atoms with Crippen LogP contribution >= 0.6 is 11.6 Å². The molecular weight excluding hydrogens is 234 g/mol. The molecule has 17 heavy (non-hydrogen) atoms. The average molecular weight is 248 g/mol. The maximum Gasteiger partial charge on any atom is 0.151 e. The average Bonchev–Trinajstić information content (AvgIpc) is 2.39. The van der Waals surface area contributed by atoms with Crippen molar-refractivity contribution in [1.29, 1.82) is 0 Å². The highest BCUT2D eigenvalue weighted by Gasteiger charge is 1.96. The van der Waals surface area contributed by atoms with Gasteiger partial charge < -0.3 is 5.32 Å². The molecule has 0 saturated heterocycles. The Morgan fingerprint density at radius 3 is 2.29 bits per heavy atom. The molecule has 1 heterocycles. The number of hydrogen-bond donors (Lipinski definition) is 1. The van der Waals surface area contributed by atoms with E-state index in [1.54, 1.807) is 6.07 Å². The van der Waals surface area contributed by atoms with E-state index in [-0.39, 0.29) is 0 Å².